The summed E-state index contributed by atoms with van der Waals surface area (Å²) < 4.78 is 11.1. The molecule has 2 saturated carbocycles. The lowest BCUT2D eigenvalue weighted by Gasteiger charge is -2.54. The summed E-state index contributed by atoms with van der Waals surface area (Å²) in [5.74, 6) is 0.908. The van der Waals surface area contributed by atoms with Gasteiger partial charge < -0.3 is 9.47 Å². The van der Waals surface area contributed by atoms with Gasteiger partial charge in [0.2, 0.25) is 0 Å². The third kappa shape index (κ3) is 3.55. The van der Waals surface area contributed by atoms with E-state index < -0.39 is 0 Å². The summed E-state index contributed by atoms with van der Waals surface area (Å²) >= 11 is 0. The maximum Gasteiger partial charge on any atom is 0.302 e. The molecule has 1 unspecified atom stereocenters. The zero-order valence-corrected chi connectivity index (χ0v) is 16.1. The summed E-state index contributed by atoms with van der Waals surface area (Å²) in [6.45, 7) is 11.9. The molecule has 0 radical (unpaired) electrons. The summed E-state index contributed by atoms with van der Waals surface area (Å²) in [6, 6.07) is 0. The van der Waals surface area contributed by atoms with Crippen LogP contribution < -0.4 is 0 Å². The van der Waals surface area contributed by atoms with Crippen LogP contribution in [-0.4, -0.2) is 29.6 Å². The Kier molecular flexibility index (Phi) is 4.87. The zero-order valence-electron chi connectivity index (χ0n) is 16.1. The van der Waals surface area contributed by atoms with E-state index in [0.29, 0.717) is 36.6 Å². The van der Waals surface area contributed by atoms with E-state index >= 15 is 0 Å². The monoisotopic (exact) mass is 348 g/mol. The number of ether oxygens (including phenoxy) is 2. The van der Waals surface area contributed by atoms with E-state index in [-0.39, 0.29) is 23.1 Å². The van der Waals surface area contributed by atoms with Crippen LogP contribution in [0, 0.1) is 17.3 Å². The molecule has 0 spiro atoms. The summed E-state index contributed by atoms with van der Waals surface area (Å²) in [5.41, 5.74) is 1.08. The number of allylic oxidation sites excluding steroid dienone is 1. The lowest BCUT2D eigenvalue weighted by molar-refractivity contribution is -0.149. The maximum absolute atomic E-state index is 13.0. The normalized spacial score (nSPS) is 41.1. The smallest absolute Gasteiger partial charge is 0.302 e. The number of esters is 1. The van der Waals surface area contributed by atoms with Gasteiger partial charge in [-0.1, -0.05) is 19.1 Å². The van der Waals surface area contributed by atoms with Crippen LogP contribution in [0.5, 0.6) is 0 Å². The molecule has 4 heteroatoms. The number of Topliss-reactive ketones (excluding diaryl/α,β-unsaturated/α-hetero) is 1. The van der Waals surface area contributed by atoms with Gasteiger partial charge in [-0.15, -0.1) is 0 Å². The molecule has 0 aromatic rings. The average Bonchev–Trinajstić information content (AvgIpc) is 3.16. The maximum atomic E-state index is 13.0. The molecule has 1 heterocycles. The number of epoxide rings is 1. The first-order chi connectivity index (χ1) is 11.7. The minimum absolute atomic E-state index is 0.0263. The number of hydrogen-bond donors (Lipinski definition) is 0. The third-order valence-corrected chi connectivity index (χ3v) is 6.97. The molecule has 0 N–H and O–H groups in total. The van der Waals surface area contributed by atoms with Crippen molar-refractivity contribution >= 4 is 11.8 Å². The van der Waals surface area contributed by atoms with E-state index in [2.05, 4.69) is 20.4 Å². The highest BCUT2D eigenvalue weighted by Gasteiger charge is 2.59. The molecule has 4 nitrogen and oxygen atoms in total. The topological polar surface area (TPSA) is 55.9 Å². The number of hydrogen-bond acceptors (Lipinski definition) is 4. The lowest BCUT2D eigenvalue weighted by atomic mass is 9.49. The van der Waals surface area contributed by atoms with Crippen LogP contribution in [0.1, 0.15) is 72.6 Å². The molecule has 1 aliphatic heterocycles. The van der Waals surface area contributed by atoms with E-state index in [1.165, 1.54) is 12.5 Å². The van der Waals surface area contributed by atoms with Crippen molar-refractivity contribution in [2.75, 3.05) is 0 Å². The van der Waals surface area contributed by atoms with E-state index in [0.717, 1.165) is 32.1 Å². The Bertz CT molecular complexity index is 582. The third-order valence-electron chi connectivity index (χ3n) is 6.97. The van der Waals surface area contributed by atoms with Crippen LogP contribution in [-0.2, 0) is 19.1 Å². The second-order valence-corrected chi connectivity index (χ2v) is 8.87. The summed E-state index contributed by atoms with van der Waals surface area (Å²) in [7, 11) is 0. The molecule has 140 valence electrons. The minimum atomic E-state index is -0.283. The first kappa shape index (κ1) is 18.6. The van der Waals surface area contributed by atoms with Gasteiger partial charge in [0.1, 0.15) is 5.78 Å². The van der Waals surface area contributed by atoms with Crippen molar-refractivity contribution in [1.82, 2.24) is 0 Å². The van der Waals surface area contributed by atoms with Crippen LogP contribution in [0.25, 0.3) is 0 Å². The van der Waals surface area contributed by atoms with Gasteiger partial charge in [-0.25, -0.2) is 0 Å². The van der Waals surface area contributed by atoms with Crippen LogP contribution >= 0.6 is 0 Å². The molecule has 3 rings (SSSR count). The molecule has 2 aliphatic carbocycles. The van der Waals surface area contributed by atoms with Crippen molar-refractivity contribution in [2.24, 2.45) is 17.3 Å². The number of fused-ring (bicyclic) bond motifs is 2. The largest absolute Gasteiger partial charge is 0.463 e. The van der Waals surface area contributed by atoms with Gasteiger partial charge in [-0.2, -0.15) is 0 Å². The molecule has 6 atom stereocenters. The van der Waals surface area contributed by atoms with Gasteiger partial charge >= 0.3 is 5.97 Å². The Balaban J connectivity index is 1.62. The Morgan fingerprint density at radius 2 is 2.08 bits per heavy atom. The molecule has 0 aromatic carbocycles. The molecule has 3 aliphatic rings. The fourth-order valence-corrected chi connectivity index (χ4v) is 5.08. The number of rotatable bonds is 5. The van der Waals surface area contributed by atoms with Gasteiger partial charge in [0.05, 0.1) is 17.8 Å². The molecular weight excluding hydrogens is 316 g/mol. The average molecular weight is 348 g/mol. The number of carbonyl (C=O) groups excluding carboxylic acids is 2. The molecule has 0 bridgehead atoms. The van der Waals surface area contributed by atoms with Crippen LogP contribution in [0.2, 0.25) is 0 Å². The van der Waals surface area contributed by atoms with E-state index in [1.54, 1.807) is 0 Å². The number of ketones is 1. The SMILES string of the molecule is C=C1CC[C@@H]2O[C@@]2(C)CC[C@H]2[C@H]1C[C@]2(C)C(=O)CCC(C)OC(C)=O. The summed E-state index contributed by atoms with van der Waals surface area (Å²) in [4.78, 5) is 24.0. The molecular formula is C21H32O4. The van der Waals surface area contributed by atoms with Crippen molar-refractivity contribution in [1.29, 1.82) is 0 Å². The van der Waals surface area contributed by atoms with E-state index in [1.807, 2.05) is 6.92 Å². The summed E-state index contributed by atoms with van der Waals surface area (Å²) in [5, 5.41) is 0. The lowest BCUT2D eigenvalue weighted by Crippen LogP contribution is -2.52. The van der Waals surface area contributed by atoms with E-state index in [4.69, 9.17) is 9.47 Å². The highest BCUT2D eigenvalue weighted by molar-refractivity contribution is 5.86. The fraction of sp³-hybridized carbons (Fsp3) is 0.810. The highest BCUT2D eigenvalue weighted by Crippen LogP contribution is 2.60. The van der Waals surface area contributed by atoms with Gasteiger partial charge in [-0.3, -0.25) is 9.59 Å². The predicted molar refractivity (Wildman–Crippen MR) is 96.1 cm³/mol. The Labute approximate surface area is 151 Å². The van der Waals surface area contributed by atoms with Gasteiger partial charge in [0.15, 0.2) is 0 Å². The summed E-state index contributed by atoms with van der Waals surface area (Å²) in [6.07, 6.45) is 6.38. The van der Waals surface area contributed by atoms with Crippen molar-refractivity contribution in [3.05, 3.63) is 12.2 Å². The predicted octanol–water partition coefficient (Wildman–Crippen LogP) is 4.22. The van der Waals surface area contributed by atoms with Crippen molar-refractivity contribution in [3.63, 3.8) is 0 Å². The van der Waals surface area contributed by atoms with Gasteiger partial charge in [-0.05, 0) is 64.2 Å². The van der Waals surface area contributed by atoms with Gasteiger partial charge in [0, 0.05) is 18.8 Å². The van der Waals surface area contributed by atoms with Crippen molar-refractivity contribution in [2.45, 2.75) is 90.4 Å². The Hall–Kier alpha value is -1.16. The number of carbonyl (C=O) groups is 2. The standard InChI is InChI=1S/C21H32O4/c1-13-6-9-19-21(5,25-19)11-10-17-16(13)12-20(17,4)18(23)8-7-14(2)24-15(3)22/h14,16-17,19H,1,6-12H2,2-5H3/t14?,16-,17-,19-,20-,21-/m0/s1. The Morgan fingerprint density at radius 1 is 1.36 bits per heavy atom. The van der Waals surface area contributed by atoms with E-state index in [9.17, 15) is 9.59 Å². The van der Waals surface area contributed by atoms with Crippen molar-refractivity contribution < 1.29 is 19.1 Å². The first-order valence-electron chi connectivity index (χ1n) is 9.72. The van der Waals surface area contributed by atoms with Crippen molar-refractivity contribution in [3.8, 4) is 0 Å². The van der Waals surface area contributed by atoms with Crippen LogP contribution in [0.3, 0.4) is 0 Å². The zero-order chi connectivity index (χ0) is 18.4. The quantitative estimate of drug-likeness (QED) is 0.424. The molecule has 25 heavy (non-hydrogen) atoms. The molecule has 0 amide bonds. The minimum Gasteiger partial charge on any atom is -0.463 e. The fourth-order valence-electron chi connectivity index (χ4n) is 5.08. The second kappa shape index (κ2) is 6.53. The highest BCUT2D eigenvalue weighted by atomic mass is 16.6. The molecule has 1 saturated heterocycles. The van der Waals surface area contributed by atoms with Crippen LogP contribution in [0.15, 0.2) is 12.2 Å². The van der Waals surface area contributed by atoms with Crippen LogP contribution in [0.4, 0.5) is 0 Å². The Morgan fingerprint density at radius 3 is 2.76 bits per heavy atom. The second-order valence-electron chi connectivity index (χ2n) is 8.87. The first-order valence-corrected chi connectivity index (χ1v) is 9.72. The molecule has 0 aromatic heterocycles. The van der Waals surface area contributed by atoms with Gasteiger partial charge in [0.25, 0.3) is 0 Å². The molecule has 3 fully saturated rings.